The monoisotopic (exact) mass is 626 g/mol. The second kappa shape index (κ2) is 11.5. The van der Waals surface area contributed by atoms with E-state index in [1.54, 1.807) is 36.7 Å². The van der Waals surface area contributed by atoms with Crippen molar-refractivity contribution in [3.63, 3.8) is 0 Å². The predicted octanol–water partition coefficient (Wildman–Crippen LogP) is 7.84. The minimum Gasteiger partial charge on any atom is -0.322 e. The Hall–Kier alpha value is -4.14. The molecule has 186 valence electrons. The first-order valence-corrected chi connectivity index (χ1v) is 13.2. The number of carbonyl (C=O) groups excluding carboxylic acids is 2. The van der Waals surface area contributed by atoms with E-state index < -0.39 is 0 Å². The Kier molecular flexibility index (Phi) is 7.72. The first kappa shape index (κ1) is 25.5. The zero-order valence-corrected chi connectivity index (χ0v) is 23.0. The Morgan fingerprint density at radius 2 is 0.895 bits per heavy atom. The zero-order chi connectivity index (χ0) is 26.5. The van der Waals surface area contributed by atoms with Gasteiger partial charge >= 0.3 is 0 Å². The molecule has 38 heavy (non-hydrogen) atoms. The van der Waals surface area contributed by atoms with Crippen LogP contribution in [-0.4, -0.2) is 21.8 Å². The standard InChI is InChI=1S/C30H20Br2N4O2/c31-24-9-1-21(2-10-24)29(37)35-26-13-5-19(6-14-26)23-17-33-28(34-18-23)20-7-15-27(16-8-20)36-30(38)22-3-11-25(32)12-4-22/h1-18H,(H,35,37)(H,36,38). The van der Waals surface area contributed by atoms with Gasteiger partial charge in [-0.2, -0.15) is 0 Å². The van der Waals surface area contributed by atoms with E-state index in [0.29, 0.717) is 28.3 Å². The average Bonchev–Trinajstić information content (AvgIpc) is 2.95. The Labute approximate surface area is 236 Å². The molecule has 5 rings (SSSR count). The van der Waals surface area contributed by atoms with Gasteiger partial charge in [0.15, 0.2) is 5.82 Å². The van der Waals surface area contributed by atoms with E-state index in [0.717, 1.165) is 25.6 Å². The lowest BCUT2D eigenvalue weighted by Crippen LogP contribution is -2.11. The Morgan fingerprint density at radius 3 is 1.32 bits per heavy atom. The maximum Gasteiger partial charge on any atom is 0.255 e. The van der Waals surface area contributed by atoms with Gasteiger partial charge in [-0.3, -0.25) is 9.59 Å². The normalized spacial score (nSPS) is 10.6. The zero-order valence-electron chi connectivity index (χ0n) is 19.9. The van der Waals surface area contributed by atoms with Crippen LogP contribution < -0.4 is 10.6 Å². The van der Waals surface area contributed by atoms with Crippen molar-refractivity contribution in [2.45, 2.75) is 0 Å². The highest BCUT2D eigenvalue weighted by atomic mass is 79.9. The molecule has 0 aliphatic rings. The molecule has 0 saturated carbocycles. The quantitative estimate of drug-likeness (QED) is 0.201. The molecule has 0 aliphatic heterocycles. The van der Waals surface area contributed by atoms with E-state index in [4.69, 9.17) is 0 Å². The van der Waals surface area contributed by atoms with E-state index in [1.807, 2.05) is 72.8 Å². The van der Waals surface area contributed by atoms with Gasteiger partial charge in [-0.1, -0.05) is 44.0 Å². The molecule has 0 fully saturated rings. The topological polar surface area (TPSA) is 84.0 Å². The molecule has 2 amide bonds. The lowest BCUT2D eigenvalue weighted by atomic mass is 10.1. The molecule has 1 heterocycles. The van der Waals surface area contributed by atoms with E-state index in [-0.39, 0.29) is 11.8 Å². The number of carbonyl (C=O) groups is 2. The second-order valence-electron chi connectivity index (χ2n) is 8.37. The molecule has 4 aromatic carbocycles. The minimum atomic E-state index is -0.176. The summed E-state index contributed by atoms with van der Waals surface area (Å²) >= 11 is 6.74. The highest BCUT2D eigenvalue weighted by Gasteiger charge is 2.09. The molecule has 5 aromatic rings. The van der Waals surface area contributed by atoms with E-state index in [2.05, 4.69) is 52.5 Å². The van der Waals surface area contributed by atoms with Crippen molar-refractivity contribution in [2.75, 3.05) is 10.6 Å². The molecule has 0 aliphatic carbocycles. The molecule has 0 radical (unpaired) electrons. The van der Waals surface area contributed by atoms with Gasteiger partial charge in [0.05, 0.1) is 0 Å². The summed E-state index contributed by atoms with van der Waals surface area (Å²) in [6.45, 7) is 0. The number of nitrogens with one attached hydrogen (secondary N) is 2. The van der Waals surface area contributed by atoms with Gasteiger partial charge in [-0.25, -0.2) is 9.97 Å². The lowest BCUT2D eigenvalue weighted by Gasteiger charge is -2.08. The Morgan fingerprint density at radius 1 is 0.500 bits per heavy atom. The first-order chi connectivity index (χ1) is 18.4. The molecule has 0 bridgehead atoms. The summed E-state index contributed by atoms with van der Waals surface area (Å²) in [7, 11) is 0. The van der Waals surface area contributed by atoms with Gasteiger partial charge in [0.2, 0.25) is 0 Å². The van der Waals surface area contributed by atoms with Crippen molar-refractivity contribution in [3.05, 3.63) is 130 Å². The summed E-state index contributed by atoms with van der Waals surface area (Å²) in [5.41, 5.74) is 5.18. The maximum absolute atomic E-state index is 12.4. The number of aromatic nitrogens is 2. The van der Waals surface area contributed by atoms with Crippen LogP contribution in [0.2, 0.25) is 0 Å². The fourth-order valence-corrected chi connectivity index (χ4v) is 4.21. The third-order valence-corrected chi connectivity index (χ3v) is 6.80. The van der Waals surface area contributed by atoms with Crippen molar-refractivity contribution in [2.24, 2.45) is 0 Å². The molecule has 0 atom stereocenters. The van der Waals surface area contributed by atoms with Crippen LogP contribution in [0.25, 0.3) is 22.5 Å². The molecule has 2 N–H and O–H groups in total. The van der Waals surface area contributed by atoms with Gasteiger partial charge in [0, 0.05) is 55.0 Å². The fourth-order valence-electron chi connectivity index (χ4n) is 3.68. The average molecular weight is 628 g/mol. The van der Waals surface area contributed by atoms with Crippen LogP contribution in [0.3, 0.4) is 0 Å². The van der Waals surface area contributed by atoms with Crippen LogP contribution in [0, 0.1) is 0 Å². The number of rotatable bonds is 6. The SMILES string of the molecule is O=C(Nc1ccc(-c2cnc(-c3ccc(NC(=O)c4ccc(Br)cc4)cc3)nc2)cc1)c1ccc(Br)cc1. The van der Waals surface area contributed by atoms with Gasteiger partial charge in [0.25, 0.3) is 11.8 Å². The molecular formula is C30H20Br2N4O2. The number of nitrogens with zero attached hydrogens (tertiary/aromatic N) is 2. The highest BCUT2D eigenvalue weighted by Crippen LogP contribution is 2.24. The van der Waals surface area contributed by atoms with Gasteiger partial charge in [-0.05, 0) is 90.5 Å². The summed E-state index contributed by atoms with van der Waals surface area (Å²) in [6, 6.07) is 29.3. The first-order valence-electron chi connectivity index (χ1n) is 11.6. The van der Waals surface area contributed by atoms with Crippen molar-refractivity contribution in [1.82, 2.24) is 9.97 Å². The number of anilines is 2. The highest BCUT2D eigenvalue weighted by molar-refractivity contribution is 9.10. The molecule has 0 unspecified atom stereocenters. The van der Waals surface area contributed by atoms with Crippen LogP contribution in [-0.2, 0) is 0 Å². The molecule has 8 heteroatoms. The van der Waals surface area contributed by atoms with Gasteiger partial charge in [-0.15, -0.1) is 0 Å². The van der Waals surface area contributed by atoms with E-state index in [9.17, 15) is 9.59 Å². The third-order valence-electron chi connectivity index (χ3n) is 5.74. The maximum atomic E-state index is 12.4. The molecule has 0 spiro atoms. The lowest BCUT2D eigenvalue weighted by molar-refractivity contribution is 0.101. The number of hydrogen-bond donors (Lipinski definition) is 2. The summed E-state index contributed by atoms with van der Waals surface area (Å²) in [6.07, 6.45) is 3.53. The van der Waals surface area contributed by atoms with Crippen LogP contribution in [0.4, 0.5) is 11.4 Å². The number of halogens is 2. The summed E-state index contributed by atoms with van der Waals surface area (Å²) in [5, 5.41) is 5.79. The molecular weight excluding hydrogens is 608 g/mol. The van der Waals surface area contributed by atoms with E-state index >= 15 is 0 Å². The van der Waals surface area contributed by atoms with Crippen LogP contribution in [0.1, 0.15) is 20.7 Å². The summed E-state index contributed by atoms with van der Waals surface area (Å²) in [4.78, 5) is 33.9. The van der Waals surface area contributed by atoms with Gasteiger partial charge < -0.3 is 10.6 Å². The van der Waals surface area contributed by atoms with Crippen molar-refractivity contribution >= 4 is 55.0 Å². The van der Waals surface area contributed by atoms with Crippen molar-refractivity contribution < 1.29 is 9.59 Å². The molecule has 0 saturated heterocycles. The molecule has 1 aromatic heterocycles. The largest absolute Gasteiger partial charge is 0.322 e. The minimum absolute atomic E-state index is 0.170. The third kappa shape index (κ3) is 6.22. The summed E-state index contributed by atoms with van der Waals surface area (Å²) < 4.78 is 1.84. The van der Waals surface area contributed by atoms with Crippen LogP contribution in [0.5, 0.6) is 0 Å². The van der Waals surface area contributed by atoms with E-state index in [1.165, 1.54) is 0 Å². The number of benzene rings is 4. The van der Waals surface area contributed by atoms with Crippen LogP contribution in [0.15, 0.2) is 118 Å². The number of amides is 2. The second-order valence-corrected chi connectivity index (χ2v) is 10.2. The number of hydrogen-bond acceptors (Lipinski definition) is 4. The van der Waals surface area contributed by atoms with Crippen molar-refractivity contribution in [1.29, 1.82) is 0 Å². The predicted molar refractivity (Wildman–Crippen MR) is 157 cm³/mol. The Balaban J connectivity index is 1.21. The summed E-state index contributed by atoms with van der Waals surface area (Å²) in [5.74, 6) is 0.236. The Bertz CT molecular complexity index is 1450. The fraction of sp³-hybridized carbons (Fsp3) is 0. The van der Waals surface area contributed by atoms with Gasteiger partial charge in [0.1, 0.15) is 0 Å². The smallest absolute Gasteiger partial charge is 0.255 e. The van der Waals surface area contributed by atoms with Crippen molar-refractivity contribution in [3.8, 4) is 22.5 Å². The van der Waals surface area contributed by atoms with Crippen LogP contribution >= 0.6 is 31.9 Å². The molecule has 6 nitrogen and oxygen atoms in total.